The minimum Gasteiger partial charge on any atom is -0.339 e. The molecule has 7 nitrogen and oxygen atoms in total. The molecule has 2 atom stereocenters. The van der Waals surface area contributed by atoms with Crippen molar-refractivity contribution < 1.29 is 9.32 Å². The Hall–Kier alpha value is -3.22. The number of aromatic nitrogens is 3. The van der Waals surface area contributed by atoms with Crippen molar-refractivity contribution in [2.45, 2.75) is 19.4 Å². The van der Waals surface area contributed by atoms with Crippen LogP contribution in [0.4, 0.5) is 4.79 Å². The Labute approximate surface area is 157 Å². The van der Waals surface area contributed by atoms with Gasteiger partial charge in [-0.15, -0.1) is 0 Å². The molecule has 0 saturated carbocycles. The second-order valence-corrected chi connectivity index (χ2v) is 6.83. The number of urea groups is 1. The van der Waals surface area contributed by atoms with E-state index in [9.17, 15) is 4.79 Å². The Morgan fingerprint density at radius 2 is 1.96 bits per heavy atom. The maximum atomic E-state index is 12.5. The SMILES string of the molecule is CC1CN(C(=O)NCc2ccccc2)CC1c1nc(-c2ccncc2)no1. The highest BCUT2D eigenvalue weighted by Gasteiger charge is 2.37. The quantitative estimate of drug-likeness (QED) is 0.770. The van der Waals surface area contributed by atoms with E-state index in [4.69, 9.17) is 4.52 Å². The number of likely N-dealkylation sites (tertiary alicyclic amines) is 1. The van der Waals surface area contributed by atoms with Gasteiger partial charge >= 0.3 is 6.03 Å². The van der Waals surface area contributed by atoms with Gasteiger partial charge in [0.2, 0.25) is 11.7 Å². The van der Waals surface area contributed by atoms with Gasteiger partial charge in [-0.2, -0.15) is 4.98 Å². The van der Waals surface area contributed by atoms with Crippen LogP contribution >= 0.6 is 0 Å². The molecule has 0 radical (unpaired) electrons. The third kappa shape index (κ3) is 3.81. The van der Waals surface area contributed by atoms with Crippen molar-refractivity contribution in [1.29, 1.82) is 0 Å². The lowest BCUT2D eigenvalue weighted by molar-refractivity contribution is 0.206. The standard InChI is InChI=1S/C20H21N5O2/c1-14-12-25(20(26)22-11-15-5-3-2-4-6-15)13-17(14)19-23-18(24-27-19)16-7-9-21-10-8-16/h2-10,14,17H,11-13H2,1H3,(H,22,26). The van der Waals surface area contributed by atoms with E-state index in [1.54, 1.807) is 12.4 Å². The highest BCUT2D eigenvalue weighted by Crippen LogP contribution is 2.32. The van der Waals surface area contributed by atoms with Crippen molar-refractivity contribution in [3.05, 3.63) is 66.3 Å². The van der Waals surface area contributed by atoms with E-state index in [1.165, 1.54) is 0 Å². The van der Waals surface area contributed by atoms with E-state index in [1.807, 2.05) is 47.4 Å². The summed E-state index contributed by atoms with van der Waals surface area (Å²) < 4.78 is 5.49. The van der Waals surface area contributed by atoms with Gasteiger partial charge in [-0.05, 0) is 23.6 Å². The van der Waals surface area contributed by atoms with Crippen molar-refractivity contribution in [1.82, 2.24) is 25.3 Å². The van der Waals surface area contributed by atoms with Crippen LogP contribution < -0.4 is 5.32 Å². The van der Waals surface area contributed by atoms with Crippen molar-refractivity contribution >= 4 is 6.03 Å². The van der Waals surface area contributed by atoms with Crippen LogP contribution in [0, 0.1) is 5.92 Å². The number of hydrogen-bond acceptors (Lipinski definition) is 5. The summed E-state index contributed by atoms with van der Waals surface area (Å²) in [5, 5.41) is 7.06. The monoisotopic (exact) mass is 363 g/mol. The Balaban J connectivity index is 1.39. The molecule has 1 aromatic carbocycles. The summed E-state index contributed by atoms with van der Waals surface area (Å²) in [6, 6.07) is 13.5. The topological polar surface area (TPSA) is 84.2 Å². The number of nitrogens with zero attached hydrogens (tertiary/aromatic N) is 4. The van der Waals surface area contributed by atoms with Gasteiger partial charge in [-0.1, -0.05) is 42.4 Å². The highest BCUT2D eigenvalue weighted by atomic mass is 16.5. The summed E-state index contributed by atoms with van der Waals surface area (Å²) in [6.45, 7) is 3.85. The zero-order valence-electron chi connectivity index (χ0n) is 15.1. The molecular formula is C20H21N5O2. The fraction of sp³-hybridized carbons (Fsp3) is 0.300. The molecule has 3 heterocycles. The lowest BCUT2D eigenvalue weighted by Crippen LogP contribution is -2.38. The fourth-order valence-electron chi connectivity index (χ4n) is 3.34. The molecule has 0 aliphatic carbocycles. The van der Waals surface area contributed by atoms with Crippen molar-refractivity contribution in [3.63, 3.8) is 0 Å². The molecule has 1 fully saturated rings. The summed E-state index contributed by atoms with van der Waals surface area (Å²) in [6.07, 6.45) is 3.39. The Morgan fingerprint density at radius 3 is 2.74 bits per heavy atom. The van der Waals surface area contributed by atoms with Gasteiger partial charge in [-0.3, -0.25) is 4.98 Å². The van der Waals surface area contributed by atoms with Crippen LogP contribution in [0.15, 0.2) is 59.4 Å². The van der Waals surface area contributed by atoms with E-state index in [2.05, 4.69) is 27.4 Å². The van der Waals surface area contributed by atoms with Crippen LogP contribution in [0.5, 0.6) is 0 Å². The van der Waals surface area contributed by atoms with E-state index in [0.717, 1.165) is 11.1 Å². The second-order valence-electron chi connectivity index (χ2n) is 6.83. The van der Waals surface area contributed by atoms with Gasteiger partial charge in [0.05, 0.1) is 5.92 Å². The number of pyridine rings is 1. The van der Waals surface area contributed by atoms with Gasteiger partial charge in [0.1, 0.15) is 0 Å². The van der Waals surface area contributed by atoms with Crippen LogP contribution in [-0.4, -0.2) is 39.1 Å². The number of rotatable bonds is 4. The average Bonchev–Trinajstić information content (AvgIpc) is 3.34. The van der Waals surface area contributed by atoms with Crippen molar-refractivity contribution in [2.75, 3.05) is 13.1 Å². The van der Waals surface area contributed by atoms with Gasteiger partial charge in [-0.25, -0.2) is 4.79 Å². The molecule has 1 N–H and O–H groups in total. The van der Waals surface area contributed by atoms with Crippen molar-refractivity contribution in [3.8, 4) is 11.4 Å². The second kappa shape index (κ2) is 7.57. The molecule has 1 aliphatic heterocycles. The fourth-order valence-corrected chi connectivity index (χ4v) is 3.34. The minimum absolute atomic E-state index is 0.0376. The first-order valence-corrected chi connectivity index (χ1v) is 9.01. The maximum absolute atomic E-state index is 12.5. The summed E-state index contributed by atoms with van der Waals surface area (Å²) in [7, 11) is 0. The minimum atomic E-state index is -0.0675. The van der Waals surface area contributed by atoms with Crippen LogP contribution in [0.1, 0.15) is 24.3 Å². The van der Waals surface area contributed by atoms with Crippen LogP contribution in [0.25, 0.3) is 11.4 Å². The molecule has 2 unspecified atom stereocenters. The molecule has 0 bridgehead atoms. The zero-order chi connectivity index (χ0) is 18.6. The summed E-state index contributed by atoms with van der Waals surface area (Å²) in [5.74, 6) is 1.41. The first-order valence-electron chi connectivity index (χ1n) is 9.01. The lowest BCUT2D eigenvalue weighted by atomic mass is 9.98. The average molecular weight is 363 g/mol. The Morgan fingerprint density at radius 1 is 1.19 bits per heavy atom. The largest absolute Gasteiger partial charge is 0.339 e. The molecule has 4 rings (SSSR count). The first-order chi connectivity index (χ1) is 13.2. The first kappa shape index (κ1) is 17.2. The molecule has 3 aromatic rings. The molecule has 2 amide bonds. The van der Waals surface area contributed by atoms with Crippen LogP contribution in [0.3, 0.4) is 0 Å². The van der Waals surface area contributed by atoms with Gasteiger partial charge in [0.25, 0.3) is 0 Å². The normalized spacial score (nSPS) is 19.2. The third-order valence-electron chi connectivity index (χ3n) is 4.88. The number of nitrogens with one attached hydrogen (secondary N) is 1. The summed E-state index contributed by atoms with van der Waals surface area (Å²) in [4.78, 5) is 22.9. The van der Waals surface area contributed by atoms with Gasteiger partial charge in [0, 0.05) is 37.6 Å². The number of benzene rings is 1. The molecule has 2 aromatic heterocycles. The maximum Gasteiger partial charge on any atom is 0.317 e. The third-order valence-corrected chi connectivity index (χ3v) is 4.88. The molecule has 1 saturated heterocycles. The molecule has 138 valence electrons. The molecule has 7 heteroatoms. The number of hydrogen-bond donors (Lipinski definition) is 1. The van der Waals surface area contributed by atoms with Crippen LogP contribution in [-0.2, 0) is 6.54 Å². The Bertz CT molecular complexity index is 897. The molecule has 1 aliphatic rings. The molecule has 0 spiro atoms. The number of amides is 2. The van der Waals surface area contributed by atoms with Crippen LogP contribution in [0.2, 0.25) is 0 Å². The van der Waals surface area contributed by atoms with Crippen molar-refractivity contribution in [2.24, 2.45) is 5.92 Å². The number of carbonyl (C=O) groups excluding carboxylic acids is 1. The summed E-state index contributed by atoms with van der Waals surface area (Å²) in [5.41, 5.74) is 1.94. The van der Waals surface area contributed by atoms with E-state index >= 15 is 0 Å². The van der Waals surface area contributed by atoms with E-state index in [-0.39, 0.29) is 17.9 Å². The Kier molecular flexibility index (Phi) is 4.82. The van der Waals surface area contributed by atoms with Gasteiger partial charge in [0.15, 0.2) is 0 Å². The van der Waals surface area contributed by atoms with E-state index in [0.29, 0.717) is 31.3 Å². The smallest absolute Gasteiger partial charge is 0.317 e. The molecular weight excluding hydrogens is 342 g/mol. The lowest BCUT2D eigenvalue weighted by Gasteiger charge is -2.16. The number of carbonyl (C=O) groups is 1. The van der Waals surface area contributed by atoms with E-state index < -0.39 is 0 Å². The predicted molar refractivity (Wildman–Crippen MR) is 99.7 cm³/mol. The predicted octanol–water partition coefficient (Wildman–Crippen LogP) is 3.08. The zero-order valence-corrected chi connectivity index (χ0v) is 15.1. The molecule has 27 heavy (non-hydrogen) atoms. The van der Waals surface area contributed by atoms with Gasteiger partial charge < -0.3 is 14.7 Å². The summed E-state index contributed by atoms with van der Waals surface area (Å²) >= 11 is 0. The highest BCUT2D eigenvalue weighted by molar-refractivity contribution is 5.74.